The zero-order valence-electron chi connectivity index (χ0n) is 5.98. The van der Waals surface area contributed by atoms with Crippen molar-refractivity contribution < 1.29 is 0 Å². The molecule has 0 radical (unpaired) electrons. The molecule has 0 aromatic rings. The van der Waals surface area contributed by atoms with Crippen molar-refractivity contribution in [2.45, 2.75) is 37.4 Å². The van der Waals surface area contributed by atoms with Crippen molar-refractivity contribution in [1.82, 2.24) is 0 Å². The molecule has 9 heavy (non-hydrogen) atoms. The molecule has 1 aliphatic carbocycles. The lowest BCUT2D eigenvalue weighted by Gasteiger charge is -2.29. The Balaban J connectivity index is 2.44. The molecule has 1 heteroatoms. The van der Waals surface area contributed by atoms with Crippen LogP contribution in [-0.2, 0) is 0 Å². The van der Waals surface area contributed by atoms with Crippen LogP contribution in [0.2, 0.25) is 0 Å². The summed E-state index contributed by atoms with van der Waals surface area (Å²) in [5, 5.41) is 0. The number of rotatable bonds is 0. The van der Waals surface area contributed by atoms with Gasteiger partial charge in [0.25, 0.3) is 0 Å². The van der Waals surface area contributed by atoms with E-state index in [4.69, 9.17) is 0 Å². The summed E-state index contributed by atoms with van der Waals surface area (Å²) in [4.78, 5) is 0. The Morgan fingerprint density at radius 2 is 1.89 bits per heavy atom. The van der Waals surface area contributed by atoms with E-state index in [1.54, 1.807) is 0 Å². The van der Waals surface area contributed by atoms with Crippen molar-refractivity contribution in [1.29, 1.82) is 0 Å². The van der Waals surface area contributed by atoms with Gasteiger partial charge in [-0.15, -0.1) is 0 Å². The van der Waals surface area contributed by atoms with Gasteiger partial charge in [-0.2, -0.15) is 12.6 Å². The van der Waals surface area contributed by atoms with E-state index in [0.29, 0.717) is 4.75 Å². The average Bonchev–Trinajstić information content (AvgIpc) is 1.78. The molecule has 0 aromatic heterocycles. The Morgan fingerprint density at radius 1 is 1.44 bits per heavy atom. The van der Waals surface area contributed by atoms with Gasteiger partial charge < -0.3 is 0 Å². The maximum Gasteiger partial charge on any atom is 0.0107 e. The van der Waals surface area contributed by atoms with Gasteiger partial charge in [0.05, 0.1) is 0 Å². The van der Waals surface area contributed by atoms with Crippen molar-refractivity contribution in [3.63, 3.8) is 0 Å². The Labute approximate surface area is 62.8 Å². The van der Waals surface area contributed by atoms with E-state index in [1.165, 1.54) is 31.3 Å². The molecular weight excluding hydrogens is 128 g/mol. The quantitative estimate of drug-likeness (QED) is 0.390. The highest BCUT2D eigenvalue weighted by Gasteiger charge is 2.22. The second-order valence-corrected chi connectivity index (χ2v) is 4.33. The minimum atomic E-state index is 0.293. The van der Waals surface area contributed by atoms with E-state index < -0.39 is 0 Å². The van der Waals surface area contributed by atoms with Crippen molar-refractivity contribution in [3.8, 4) is 0 Å². The average molecular weight is 142 g/mol. The van der Waals surface area contributed by atoms with Crippen LogP contribution in [0.25, 0.3) is 0 Å². The molecule has 52 valence electrons. The molecule has 0 aromatic carbocycles. The summed E-state index contributed by atoms with van der Waals surface area (Å²) >= 11 is 4.52. The molecule has 1 saturated carbocycles. The fourth-order valence-corrected chi connectivity index (χ4v) is 1.37. The van der Waals surface area contributed by atoms with Gasteiger partial charge in [0.15, 0.2) is 0 Å². The first-order valence-corrected chi connectivity index (χ1v) is 3.94. The van der Waals surface area contributed by atoms with E-state index in [0.717, 1.165) is 0 Å². The number of allylic oxidation sites excluding steroid dienone is 1. The molecule has 0 spiro atoms. The lowest BCUT2D eigenvalue weighted by molar-refractivity contribution is 0.493. The lowest BCUT2D eigenvalue weighted by Crippen LogP contribution is -2.20. The molecule has 0 aliphatic heterocycles. The molecular formula is C8H14S. The maximum absolute atomic E-state index is 4.52. The Kier molecular flexibility index (Phi) is 1.90. The van der Waals surface area contributed by atoms with Gasteiger partial charge in [-0.1, -0.05) is 19.1 Å². The largest absolute Gasteiger partial charge is 0.173 e. The number of hydrogen-bond acceptors (Lipinski definition) is 1. The Morgan fingerprint density at radius 3 is 2.22 bits per heavy atom. The molecule has 0 bridgehead atoms. The van der Waals surface area contributed by atoms with Crippen LogP contribution in [0.4, 0.5) is 0 Å². The van der Waals surface area contributed by atoms with Crippen LogP contribution >= 0.6 is 12.6 Å². The molecule has 0 heterocycles. The predicted molar refractivity (Wildman–Crippen MR) is 45.0 cm³/mol. The Hall–Kier alpha value is 0.0900. The normalized spacial score (nSPS) is 26.2. The third-order valence-corrected chi connectivity index (χ3v) is 2.48. The lowest BCUT2D eigenvalue weighted by atomic mass is 9.87. The van der Waals surface area contributed by atoms with Gasteiger partial charge in [-0.05, 0) is 25.7 Å². The SMILES string of the molecule is C=C1CCC(C)(S)CC1. The zero-order valence-corrected chi connectivity index (χ0v) is 6.88. The molecule has 1 aliphatic rings. The number of hydrogen-bond donors (Lipinski definition) is 1. The van der Waals surface area contributed by atoms with Crippen molar-refractivity contribution >= 4 is 12.6 Å². The van der Waals surface area contributed by atoms with Gasteiger partial charge in [-0.25, -0.2) is 0 Å². The van der Waals surface area contributed by atoms with E-state index in [9.17, 15) is 0 Å². The first kappa shape index (κ1) is 7.20. The van der Waals surface area contributed by atoms with E-state index in [1.807, 2.05) is 0 Å². The second kappa shape index (κ2) is 2.37. The zero-order chi connectivity index (χ0) is 6.91. The minimum Gasteiger partial charge on any atom is -0.173 e. The summed E-state index contributed by atoms with van der Waals surface area (Å²) in [6, 6.07) is 0. The van der Waals surface area contributed by atoms with Crippen LogP contribution in [0.5, 0.6) is 0 Å². The maximum atomic E-state index is 4.52. The molecule has 0 saturated heterocycles. The van der Waals surface area contributed by atoms with Crippen LogP contribution in [-0.4, -0.2) is 4.75 Å². The summed E-state index contributed by atoms with van der Waals surface area (Å²) in [6.45, 7) is 6.16. The molecule has 0 atom stereocenters. The van der Waals surface area contributed by atoms with Crippen LogP contribution in [0.15, 0.2) is 12.2 Å². The van der Waals surface area contributed by atoms with Crippen molar-refractivity contribution in [2.75, 3.05) is 0 Å². The Bertz CT molecular complexity index is 113. The second-order valence-electron chi connectivity index (χ2n) is 3.25. The fourth-order valence-electron chi connectivity index (χ4n) is 1.14. The predicted octanol–water partition coefficient (Wildman–Crippen LogP) is 2.81. The first-order chi connectivity index (χ1) is 4.10. The highest BCUT2D eigenvalue weighted by atomic mass is 32.1. The number of thiol groups is 1. The smallest absolute Gasteiger partial charge is 0.0107 e. The first-order valence-electron chi connectivity index (χ1n) is 3.49. The monoisotopic (exact) mass is 142 g/mol. The van der Waals surface area contributed by atoms with Crippen LogP contribution < -0.4 is 0 Å². The summed E-state index contributed by atoms with van der Waals surface area (Å²) in [6.07, 6.45) is 4.77. The fraction of sp³-hybridized carbons (Fsp3) is 0.750. The molecule has 0 N–H and O–H groups in total. The van der Waals surface area contributed by atoms with Gasteiger partial charge in [0, 0.05) is 4.75 Å². The van der Waals surface area contributed by atoms with Crippen molar-refractivity contribution in [3.05, 3.63) is 12.2 Å². The summed E-state index contributed by atoms with van der Waals surface area (Å²) in [5.41, 5.74) is 1.40. The van der Waals surface area contributed by atoms with Gasteiger partial charge in [0.2, 0.25) is 0 Å². The van der Waals surface area contributed by atoms with E-state index in [2.05, 4.69) is 26.1 Å². The van der Waals surface area contributed by atoms with Crippen molar-refractivity contribution in [2.24, 2.45) is 0 Å². The van der Waals surface area contributed by atoms with E-state index >= 15 is 0 Å². The minimum absolute atomic E-state index is 0.293. The molecule has 1 fully saturated rings. The summed E-state index contributed by atoms with van der Waals surface area (Å²) in [7, 11) is 0. The highest BCUT2D eigenvalue weighted by Crippen LogP contribution is 2.34. The molecule has 1 rings (SSSR count). The molecule has 0 amide bonds. The summed E-state index contributed by atoms with van der Waals surface area (Å²) < 4.78 is 0.293. The topological polar surface area (TPSA) is 0 Å². The van der Waals surface area contributed by atoms with Crippen LogP contribution in [0, 0.1) is 0 Å². The highest BCUT2D eigenvalue weighted by molar-refractivity contribution is 7.81. The third-order valence-electron chi connectivity index (χ3n) is 2.03. The van der Waals surface area contributed by atoms with Crippen LogP contribution in [0.3, 0.4) is 0 Å². The standard InChI is InChI=1S/C8H14S/c1-7-3-5-8(2,9)6-4-7/h9H,1,3-6H2,2H3. The third kappa shape index (κ3) is 2.05. The van der Waals surface area contributed by atoms with Gasteiger partial charge in [-0.3, -0.25) is 0 Å². The molecule has 0 unspecified atom stereocenters. The van der Waals surface area contributed by atoms with E-state index in [-0.39, 0.29) is 0 Å². The summed E-state index contributed by atoms with van der Waals surface area (Å²) in [5.74, 6) is 0. The van der Waals surface area contributed by atoms with Crippen LogP contribution in [0.1, 0.15) is 32.6 Å². The van der Waals surface area contributed by atoms with Gasteiger partial charge in [0.1, 0.15) is 0 Å². The molecule has 0 nitrogen and oxygen atoms in total. The van der Waals surface area contributed by atoms with Gasteiger partial charge >= 0.3 is 0 Å².